The van der Waals surface area contributed by atoms with Crippen LogP contribution in [-0.4, -0.2) is 24.0 Å². The van der Waals surface area contributed by atoms with Gasteiger partial charge in [-0.2, -0.15) is 5.10 Å². The van der Waals surface area contributed by atoms with Crippen LogP contribution in [0.25, 0.3) is 11.3 Å². The Labute approximate surface area is 129 Å². The summed E-state index contributed by atoms with van der Waals surface area (Å²) < 4.78 is 12.0. The zero-order valence-corrected chi connectivity index (χ0v) is 13.1. The van der Waals surface area contributed by atoms with Crippen LogP contribution < -0.4 is 20.8 Å². The van der Waals surface area contributed by atoms with Gasteiger partial charge in [-0.25, -0.2) is 4.68 Å². The van der Waals surface area contributed by atoms with Gasteiger partial charge in [0.1, 0.15) is 17.2 Å². The van der Waals surface area contributed by atoms with Crippen molar-refractivity contribution in [1.29, 1.82) is 0 Å². The van der Waals surface area contributed by atoms with Gasteiger partial charge >= 0.3 is 0 Å². The molecule has 6 heteroatoms. The summed E-state index contributed by atoms with van der Waals surface area (Å²) in [5, 5.41) is 4.41. The molecule has 0 fully saturated rings. The van der Waals surface area contributed by atoms with Crippen molar-refractivity contribution in [3.63, 3.8) is 0 Å². The molecule has 0 unspecified atom stereocenters. The number of nitrogens with zero attached hydrogens (tertiary/aromatic N) is 2. The van der Waals surface area contributed by atoms with E-state index in [4.69, 9.17) is 15.2 Å². The van der Waals surface area contributed by atoms with Gasteiger partial charge in [0.05, 0.1) is 19.9 Å². The topological polar surface area (TPSA) is 79.4 Å². The second-order valence-corrected chi connectivity index (χ2v) is 4.93. The van der Waals surface area contributed by atoms with Gasteiger partial charge in [0.25, 0.3) is 5.56 Å². The summed E-state index contributed by atoms with van der Waals surface area (Å²) in [4.78, 5) is 12.0. The molecule has 0 amide bonds. The summed E-state index contributed by atoms with van der Waals surface area (Å²) in [5.41, 5.74) is 7.13. The first-order valence-corrected chi connectivity index (χ1v) is 7.20. The van der Waals surface area contributed by atoms with Crippen LogP contribution >= 0.6 is 0 Å². The molecular weight excluding hydrogens is 282 g/mol. The number of benzene rings is 1. The highest BCUT2D eigenvalue weighted by atomic mass is 16.5. The van der Waals surface area contributed by atoms with Crippen LogP contribution in [0.1, 0.15) is 19.8 Å². The highest BCUT2D eigenvalue weighted by Crippen LogP contribution is 2.32. The van der Waals surface area contributed by atoms with Crippen molar-refractivity contribution < 1.29 is 9.47 Å². The monoisotopic (exact) mass is 303 g/mol. The summed E-state index contributed by atoms with van der Waals surface area (Å²) >= 11 is 0. The Morgan fingerprint density at radius 3 is 2.64 bits per heavy atom. The van der Waals surface area contributed by atoms with Crippen molar-refractivity contribution >= 4 is 5.69 Å². The van der Waals surface area contributed by atoms with E-state index in [9.17, 15) is 4.79 Å². The molecule has 118 valence electrons. The van der Waals surface area contributed by atoms with Gasteiger partial charge in [0, 0.05) is 18.2 Å². The zero-order valence-electron chi connectivity index (χ0n) is 13.1. The minimum absolute atomic E-state index is 0.180. The molecule has 0 spiro atoms. The molecule has 0 aliphatic rings. The van der Waals surface area contributed by atoms with Gasteiger partial charge in [-0.15, -0.1) is 0 Å². The van der Waals surface area contributed by atoms with Gasteiger partial charge in [-0.05, 0) is 24.6 Å². The molecule has 0 saturated carbocycles. The maximum absolute atomic E-state index is 12.0. The molecule has 0 radical (unpaired) electrons. The lowest BCUT2D eigenvalue weighted by molar-refractivity contribution is 0.395. The van der Waals surface area contributed by atoms with Crippen molar-refractivity contribution in [3.8, 4) is 22.8 Å². The van der Waals surface area contributed by atoms with E-state index in [-0.39, 0.29) is 11.2 Å². The molecule has 0 aliphatic heterocycles. The highest BCUT2D eigenvalue weighted by Gasteiger charge is 2.12. The van der Waals surface area contributed by atoms with E-state index in [1.54, 1.807) is 26.4 Å². The Bertz CT molecular complexity index is 710. The number of hydrogen-bond acceptors (Lipinski definition) is 5. The minimum Gasteiger partial charge on any atom is -0.497 e. The van der Waals surface area contributed by atoms with Crippen LogP contribution in [0.5, 0.6) is 11.5 Å². The molecule has 2 rings (SSSR count). The summed E-state index contributed by atoms with van der Waals surface area (Å²) in [6.45, 7) is 2.61. The highest BCUT2D eigenvalue weighted by molar-refractivity contribution is 5.70. The van der Waals surface area contributed by atoms with Crippen LogP contribution in [-0.2, 0) is 6.54 Å². The molecule has 1 aromatic carbocycles. The smallest absolute Gasteiger partial charge is 0.289 e. The maximum atomic E-state index is 12.0. The first-order valence-electron chi connectivity index (χ1n) is 7.20. The van der Waals surface area contributed by atoms with Crippen molar-refractivity contribution in [2.24, 2.45) is 0 Å². The molecule has 2 aromatic rings. The Morgan fingerprint density at radius 1 is 1.23 bits per heavy atom. The zero-order chi connectivity index (χ0) is 16.1. The number of nitrogen functional groups attached to an aromatic ring is 1. The second kappa shape index (κ2) is 6.98. The third-order valence-corrected chi connectivity index (χ3v) is 3.41. The molecule has 0 aliphatic carbocycles. The number of aryl methyl sites for hydroxylation is 1. The van der Waals surface area contributed by atoms with Crippen molar-refractivity contribution in [3.05, 3.63) is 34.6 Å². The SMILES string of the molecule is CCCCn1nc(-c2ccc(OC)cc2OC)cc(N)c1=O. The Hall–Kier alpha value is -2.50. The number of ether oxygens (including phenoxy) is 2. The number of methoxy groups -OCH3 is 2. The summed E-state index contributed by atoms with van der Waals surface area (Å²) in [5.74, 6) is 1.31. The second-order valence-electron chi connectivity index (χ2n) is 4.93. The molecule has 2 N–H and O–H groups in total. The average Bonchev–Trinajstić information content (AvgIpc) is 2.55. The lowest BCUT2D eigenvalue weighted by Crippen LogP contribution is -2.26. The third kappa shape index (κ3) is 3.21. The van der Waals surface area contributed by atoms with Crippen molar-refractivity contribution in [1.82, 2.24) is 9.78 Å². The fourth-order valence-electron chi connectivity index (χ4n) is 2.16. The Balaban J connectivity index is 2.52. The van der Waals surface area contributed by atoms with Gasteiger partial charge in [0.15, 0.2) is 0 Å². The van der Waals surface area contributed by atoms with E-state index in [0.29, 0.717) is 23.7 Å². The number of aromatic nitrogens is 2. The lowest BCUT2D eigenvalue weighted by atomic mass is 10.1. The number of anilines is 1. The lowest BCUT2D eigenvalue weighted by Gasteiger charge is -2.12. The van der Waals surface area contributed by atoms with E-state index in [1.165, 1.54) is 4.68 Å². The number of rotatable bonds is 6. The largest absolute Gasteiger partial charge is 0.497 e. The summed E-state index contributed by atoms with van der Waals surface area (Å²) in [7, 11) is 3.17. The molecule has 1 aromatic heterocycles. The van der Waals surface area contributed by atoms with E-state index in [0.717, 1.165) is 18.4 Å². The van der Waals surface area contributed by atoms with E-state index >= 15 is 0 Å². The molecule has 0 atom stereocenters. The predicted octanol–water partition coefficient (Wildman–Crippen LogP) is 2.31. The molecule has 6 nitrogen and oxygen atoms in total. The Kier molecular flexibility index (Phi) is 5.04. The van der Waals surface area contributed by atoms with Crippen LogP contribution in [0, 0.1) is 0 Å². The standard InChI is InChI=1S/C16H21N3O3/c1-4-5-8-19-16(20)13(17)10-14(18-19)12-7-6-11(21-2)9-15(12)22-3/h6-7,9-10H,4-5,8,17H2,1-3H3. The normalized spacial score (nSPS) is 10.5. The van der Waals surface area contributed by atoms with Gasteiger partial charge < -0.3 is 15.2 Å². The molecule has 22 heavy (non-hydrogen) atoms. The first kappa shape index (κ1) is 15.9. The Morgan fingerprint density at radius 2 is 2.00 bits per heavy atom. The maximum Gasteiger partial charge on any atom is 0.289 e. The molecule has 1 heterocycles. The first-order chi connectivity index (χ1) is 10.6. The van der Waals surface area contributed by atoms with E-state index in [2.05, 4.69) is 12.0 Å². The van der Waals surface area contributed by atoms with Crippen LogP contribution in [0.15, 0.2) is 29.1 Å². The number of nitrogens with two attached hydrogens (primary N) is 1. The number of hydrogen-bond donors (Lipinski definition) is 1. The van der Waals surface area contributed by atoms with Crippen LogP contribution in [0.4, 0.5) is 5.69 Å². The van der Waals surface area contributed by atoms with Crippen LogP contribution in [0.2, 0.25) is 0 Å². The fraction of sp³-hybridized carbons (Fsp3) is 0.375. The molecule has 0 saturated heterocycles. The van der Waals surface area contributed by atoms with Gasteiger partial charge in [-0.1, -0.05) is 13.3 Å². The summed E-state index contributed by atoms with van der Waals surface area (Å²) in [6.07, 6.45) is 1.85. The van der Waals surface area contributed by atoms with Crippen LogP contribution in [0.3, 0.4) is 0 Å². The van der Waals surface area contributed by atoms with Crippen molar-refractivity contribution in [2.75, 3.05) is 20.0 Å². The average molecular weight is 303 g/mol. The summed E-state index contributed by atoms with van der Waals surface area (Å²) in [6, 6.07) is 7.01. The molecule has 0 bridgehead atoms. The minimum atomic E-state index is -0.260. The van der Waals surface area contributed by atoms with E-state index in [1.807, 2.05) is 12.1 Å². The van der Waals surface area contributed by atoms with Gasteiger partial charge in [0.2, 0.25) is 0 Å². The predicted molar refractivity (Wildman–Crippen MR) is 86.4 cm³/mol. The van der Waals surface area contributed by atoms with Crippen molar-refractivity contribution in [2.45, 2.75) is 26.3 Å². The number of unbranched alkanes of at least 4 members (excludes halogenated alkanes) is 1. The molecular formula is C16H21N3O3. The third-order valence-electron chi connectivity index (χ3n) is 3.41. The van der Waals surface area contributed by atoms with E-state index < -0.39 is 0 Å². The fourth-order valence-corrected chi connectivity index (χ4v) is 2.16. The quantitative estimate of drug-likeness (QED) is 0.886. The van der Waals surface area contributed by atoms with Gasteiger partial charge in [-0.3, -0.25) is 4.79 Å².